The van der Waals surface area contributed by atoms with Crippen molar-refractivity contribution < 1.29 is 22.3 Å². The van der Waals surface area contributed by atoms with Crippen molar-refractivity contribution in [3.8, 4) is 28.0 Å². The smallest absolute Gasteiger partial charge is 0.176 e. The van der Waals surface area contributed by atoms with Crippen LogP contribution in [-0.4, -0.2) is 19.9 Å². The lowest BCUT2D eigenvalue weighted by Gasteiger charge is -2.13. The van der Waals surface area contributed by atoms with Crippen molar-refractivity contribution in [2.75, 3.05) is 0 Å². The van der Waals surface area contributed by atoms with Gasteiger partial charge in [0.2, 0.25) is 0 Å². The largest absolute Gasteiger partial charge is 0.489 e. The van der Waals surface area contributed by atoms with Crippen LogP contribution in [-0.2, 0) is 6.61 Å². The van der Waals surface area contributed by atoms with Gasteiger partial charge in [0.25, 0.3) is 0 Å². The Morgan fingerprint density at radius 2 is 1.16 bits per heavy atom. The Labute approximate surface area is 349 Å². The van der Waals surface area contributed by atoms with Gasteiger partial charge in [-0.25, -0.2) is 27.5 Å². The monoisotopic (exact) mass is 952 g/mol. The molecule has 3 aromatic heterocycles. The molecule has 12 heteroatoms. The molecule has 9 rings (SSSR count). The van der Waals surface area contributed by atoms with Gasteiger partial charge < -0.3 is 14.7 Å². The van der Waals surface area contributed by atoms with E-state index in [4.69, 9.17) is 9.72 Å². The van der Waals surface area contributed by atoms with Gasteiger partial charge in [-0.15, -0.1) is 0 Å². The molecule has 5 nitrogen and oxygen atoms in total. The number of benzene rings is 4. The van der Waals surface area contributed by atoms with E-state index in [0.717, 1.165) is 36.0 Å². The van der Waals surface area contributed by atoms with Crippen LogP contribution in [0.15, 0.2) is 123 Å². The Morgan fingerprint density at radius 1 is 0.596 bits per heavy atom. The molecule has 5 heterocycles. The first-order valence-corrected chi connectivity index (χ1v) is 20.2. The summed E-state index contributed by atoms with van der Waals surface area (Å²) in [6.07, 6.45) is 7.02. The molecule has 0 spiro atoms. The average molecular weight is 954 g/mol. The highest BCUT2D eigenvalue weighted by Gasteiger charge is 2.29. The number of halogens is 6. The van der Waals surface area contributed by atoms with Crippen LogP contribution in [0.2, 0.25) is 0 Å². The number of hydrogen-bond acceptors (Lipinski definition) is 4. The zero-order chi connectivity index (χ0) is 39.2. The maximum absolute atomic E-state index is 16.2. The van der Waals surface area contributed by atoms with Crippen molar-refractivity contribution in [1.29, 1.82) is 0 Å². The predicted octanol–water partition coefficient (Wildman–Crippen LogP) is 13.6. The van der Waals surface area contributed by atoms with Gasteiger partial charge in [-0.3, -0.25) is 0 Å². The minimum Gasteiger partial charge on any atom is -0.489 e. The van der Waals surface area contributed by atoms with E-state index < -0.39 is 33.7 Å². The quantitative estimate of drug-likeness (QED) is 0.0949. The number of ether oxygens (including phenoxy) is 1. The number of nitrogens with one attached hydrogen (secondary N) is 2. The number of aromatic amines is 2. The molecule has 0 amide bonds. The highest BCUT2D eigenvalue weighted by atomic mass is 127. The molecule has 57 heavy (non-hydrogen) atoms. The fourth-order valence-corrected chi connectivity index (χ4v) is 8.14. The van der Waals surface area contributed by atoms with Gasteiger partial charge in [0, 0.05) is 46.1 Å². The SMILES string of the molecule is Fc1c(F)c(-c2c3nc(cc4ccc([nH]4)c(-c4ccc(OCc5ccc(I)cc5)cc4)c4nc(cc5ccc2[nH]5)C=C4)C=C3)c(F)c(F)c1Sc1ccc(Br)cc1. The number of aromatic nitrogens is 4. The van der Waals surface area contributed by atoms with Crippen molar-refractivity contribution in [3.05, 3.63) is 169 Å². The van der Waals surface area contributed by atoms with Gasteiger partial charge in [-0.2, -0.15) is 0 Å². The van der Waals surface area contributed by atoms with E-state index in [9.17, 15) is 0 Å². The van der Waals surface area contributed by atoms with Crippen molar-refractivity contribution >= 4 is 96.7 Å². The zero-order valence-electron chi connectivity index (χ0n) is 29.4. The third kappa shape index (κ3) is 7.56. The van der Waals surface area contributed by atoms with Crippen LogP contribution in [0.5, 0.6) is 5.75 Å². The fraction of sp³-hybridized carbons (Fsp3) is 0.0222. The summed E-state index contributed by atoms with van der Waals surface area (Å²) in [4.78, 5) is 15.9. The van der Waals surface area contributed by atoms with E-state index in [2.05, 4.69) is 53.5 Å². The highest BCUT2D eigenvalue weighted by Crippen LogP contribution is 2.42. The summed E-state index contributed by atoms with van der Waals surface area (Å²) in [5, 5.41) is 0. The standard InChI is InChI=1S/C45H26BrF4IN4OS/c46-26-5-15-33(16-6-26)57-45-43(49)41(47)40(42(48)44(45)50)39-36-19-11-30(54-36)21-28-9-17-34(52-28)38(35-18-10-29(53-35)22-31-12-20-37(39)55-31)25-3-13-32(14-4-25)56-23-24-1-7-27(51)8-2-24/h1-22,52,55H,23H2. The second-order valence-corrected chi connectivity index (χ2v) is 16.4. The zero-order valence-corrected chi connectivity index (χ0v) is 33.9. The Kier molecular flexibility index (Phi) is 10.1. The minimum atomic E-state index is -1.53. The van der Waals surface area contributed by atoms with E-state index in [1.807, 2.05) is 72.8 Å². The molecule has 8 bridgehead atoms. The first-order valence-electron chi connectivity index (χ1n) is 17.5. The summed E-state index contributed by atoms with van der Waals surface area (Å²) < 4.78 is 72.0. The Hall–Kier alpha value is -5.44. The van der Waals surface area contributed by atoms with E-state index in [0.29, 0.717) is 51.4 Å². The van der Waals surface area contributed by atoms with Crippen molar-refractivity contribution in [2.45, 2.75) is 16.4 Å². The van der Waals surface area contributed by atoms with Crippen LogP contribution in [0.4, 0.5) is 17.6 Å². The normalized spacial score (nSPS) is 12.0. The second-order valence-electron chi connectivity index (χ2n) is 13.2. The molecule has 280 valence electrons. The first-order chi connectivity index (χ1) is 27.7. The van der Waals surface area contributed by atoms with Gasteiger partial charge in [-0.1, -0.05) is 52.0 Å². The Bertz CT molecular complexity index is 2920. The third-order valence-electron chi connectivity index (χ3n) is 9.37. The van der Waals surface area contributed by atoms with Gasteiger partial charge in [-0.05, 0) is 143 Å². The second kappa shape index (κ2) is 15.5. The van der Waals surface area contributed by atoms with Crippen molar-refractivity contribution in [3.63, 3.8) is 0 Å². The summed E-state index contributed by atoms with van der Waals surface area (Å²) in [5.74, 6) is -5.34. The maximum Gasteiger partial charge on any atom is 0.176 e. The van der Waals surface area contributed by atoms with Crippen LogP contribution in [0.1, 0.15) is 28.3 Å². The summed E-state index contributed by atoms with van der Waals surface area (Å²) in [5.41, 5.74) is 5.96. The number of nitrogens with zero attached hydrogens (tertiary/aromatic N) is 2. The molecule has 0 unspecified atom stereocenters. The predicted molar refractivity (Wildman–Crippen MR) is 231 cm³/mol. The van der Waals surface area contributed by atoms with Gasteiger partial charge in [0.1, 0.15) is 12.4 Å². The molecule has 7 aromatic rings. The number of fused-ring (bicyclic) bond motifs is 8. The lowest BCUT2D eigenvalue weighted by Crippen LogP contribution is -2.04. The molecule has 4 aromatic carbocycles. The number of H-pyrrole nitrogens is 2. The molecule has 0 fully saturated rings. The highest BCUT2D eigenvalue weighted by molar-refractivity contribution is 14.1. The Balaban J connectivity index is 1.17. The molecule has 2 aliphatic heterocycles. The van der Waals surface area contributed by atoms with E-state index in [-0.39, 0.29) is 16.8 Å². The van der Waals surface area contributed by atoms with Crippen LogP contribution < -0.4 is 4.74 Å². The summed E-state index contributed by atoms with van der Waals surface area (Å²) in [6, 6.07) is 33.3. The lowest BCUT2D eigenvalue weighted by molar-refractivity contribution is 0.306. The van der Waals surface area contributed by atoms with Crippen LogP contribution in [0, 0.1) is 26.8 Å². The van der Waals surface area contributed by atoms with Crippen LogP contribution in [0.3, 0.4) is 0 Å². The molecule has 2 N–H and O–H groups in total. The number of hydrogen-bond donors (Lipinski definition) is 2. The molecule has 0 atom stereocenters. The topological polar surface area (TPSA) is 66.6 Å². The Morgan fingerprint density at radius 3 is 1.75 bits per heavy atom. The van der Waals surface area contributed by atoms with Gasteiger partial charge in [0.05, 0.1) is 33.2 Å². The maximum atomic E-state index is 16.2. The molecule has 0 radical (unpaired) electrons. The van der Waals surface area contributed by atoms with E-state index >= 15 is 17.6 Å². The molecule has 0 saturated carbocycles. The van der Waals surface area contributed by atoms with Crippen molar-refractivity contribution in [2.24, 2.45) is 0 Å². The summed E-state index contributed by atoms with van der Waals surface area (Å²) in [7, 11) is 0. The molecule has 2 aliphatic rings. The van der Waals surface area contributed by atoms with Crippen LogP contribution >= 0.6 is 50.3 Å². The molecular formula is C45H26BrF4IN4OS. The third-order valence-corrected chi connectivity index (χ3v) is 11.7. The van der Waals surface area contributed by atoms with Gasteiger partial charge in [0.15, 0.2) is 23.3 Å². The van der Waals surface area contributed by atoms with Crippen molar-refractivity contribution in [1.82, 2.24) is 19.9 Å². The molecular weight excluding hydrogens is 927 g/mol. The van der Waals surface area contributed by atoms with Gasteiger partial charge >= 0.3 is 0 Å². The van der Waals surface area contributed by atoms with E-state index in [1.54, 1.807) is 60.7 Å². The summed E-state index contributed by atoms with van der Waals surface area (Å²) in [6.45, 7) is 0.444. The molecule has 0 aliphatic carbocycles. The molecule has 0 saturated heterocycles. The fourth-order valence-electron chi connectivity index (χ4n) is 6.65. The van der Waals surface area contributed by atoms with E-state index in [1.165, 1.54) is 0 Å². The van der Waals surface area contributed by atoms with Crippen LogP contribution in [0.25, 0.3) is 68.6 Å². The minimum absolute atomic E-state index is 0.115. The lowest BCUT2D eigenvalue weighted by atomic mass is 10.0. The first kappa shape index (κ1) is 37.2. The average Bonchev–Trinajstić information content (AvgIpc) is 4.06. The summed E-state index contributed by atoms with van der Waals surface area (Å²) >= 11 is 6.19. The number of rotatable bonds is 7.